The van der Waals surface area contributed by atoms with E-state index in [1.165, 1.54) is 24.1 Å². The van der Waals surface area contributed by atoms with E-state index in [1.54, 1.807) is 11.3 Å². The summed E-state index contributed by atoms with van der Waals surface area (Å²) in [6.45, 7) is 6.26. The van der Waals surface area contributed by atoms with Crippen LogP contribution in [0, 0.1) is 18.3 Å². The Bertz CT molecular complexity index is 372. The molecule has 2 rings (SSSR count). The first-order chi connectivity index (χ1) is 7.01. The second-order valence-electron chi connectivity index (χ2n) is 5.12. The normalized spacial score (nSPS) is 17.5. The van der Waals surface area contributed by atoms with Gasteiger partial charge in [-0.05, 0) is 31.7 Å². The van der Waals surface area contributed by atoms with Crippen molar-refractivity contribution in [1.29, 1.82) is 0 Å². The lowest BCUT2D eigenvalue weighted by atomic mass is 9.64. The number of hydrogen-bond acceptors (Lipinski definition) is 2. The molecule has 2 heteroatoms. The maximum Gasteiger partial charge on any atom is 0.169 e. The van der Waals surface area contributed by atoms with Gasteiger partial charge in [-0.3, -0.25) is 4.79 Å². The molecule has 1 aliphatic rings. The van der Waals surface area contributed by atoms with Crippen LogP contribution >= 0.6 is 11.3 Å². The lowest BCUT2D eigenvalue weighted by Crippen LogP contribution is -2.36. The molecule has 0 bridgehead atoms. The topological polar surface area (TPSA) is 17.1 Å². The third kappa shape index (κ3) is 1.87. The van der Waals surface area contributed by atoms with E-state index in [2.05, 4.69) is 20.8 Å². The monoisotopic (exact) mass is 222 g/mol. The molecule has 1 aliphatic carbocycles. The molecular weight excluding hydrogens is 204 g/mol. The van der Waals surface area contributed by atoms with Crippen molar-refractivity contribution in [2.24, 2.45) is 11.3 Å². The minimum Gasteiger partial charge on any atom is -0.294 e. The Labute approximate surface area is 95.5 Å². The number of rotatable bonds is 3. The van der Waals surface area contributed by atoms with Crippen LogP contribution in [0.25, 0.3) is 0 Å². The summed E-state index contributed by atoms with van der Waals surface area (Å²) in [5.41, 5.74) is 0.751. The summed E-state index contributed by atoms with van der Waals surface area (Å²) in [4.78, 5) is 13.5. The van der Waals surface area contributed by atoms with Crippen LogP contribution in [-0.4, -0.2) is 5.78 Å². The zero-order valence-electron chi connectivity index (χ0n) is 9.67. The van der Waals surface area contributed by atoms with Gasteiger partial charge in [-0.15, -0.1) is 11.3 Å². The fourth-order valence-electron chi connectivity index (χ4n) is 2.25. The molecule has 1 fully saturated rings. The van der Waals surface area contributed by atoms with Gasteiger partial charge >= 0.3 is 0 Å². The molecular formula is C13H18OS. The minimum absolute atomic E-state index is 0.161. The van der Waals surface area contributed by atoms with E-state index in [9.17, 15) is 4.79 Å². The number of ketones is 1. The van der Waals surface area contributed by atoms with Gasteiger partial charge in [0.2, 0.25) is 0 Å². The highest BCUT2D eigenvalue weighted by atomic mass is 32.1. The molecule has 0 aromatic carbocycles. The highest BCUT2D eigenvalue weighted by Gasteiger charge is 2.40. The lowest BCUT2D eigenvalue weighted by molar-refractivity contribution is 0.0622. The highest BCUT2D eigenvalue weighted by Crippen LogP contribution is 2.43. The highest BCUT2D eigenvalue weighted by molar-refractivity contribution is 7.10. The van der Waals surface area contributed by atoms with Gasteiger partial charge in [0.15, 0.2) is 5.78 Å². The van der Waals surface area contributed by atoms with Crippen molar-refractivity contribution in [3.05, 3.63) is 21.9 Å². The molecule has 0 amide bonds. The summed E-state index contributed by atoms with van der Waals surface area (Å²) in [6.07, 6.45) is 3.74. The lowest BCUT2D eigenvalue weighted by Gasteiger charge is -2.39. The molecule has 0 radical (unpaired) electrons. The molecule has 0 unspecified atom stereocenters. The van der Waals surface area contributed by atoms with Gasteiger partial charge in [-0.1, -0.05) is 20.3 Å². The van der Waals surface area contributed by atoms with Gasteiger partial charge in [0.1, 0.15) is 0 Å². The van der Waals surface area contributed by atoms with Crippen LogP contribution in [0.1, 0.15) is 48.3 Å². The van der Waals surface area contributed by atoms with Gasteiger partial charge < -0.3 is 0 Å². The van der Waals surface area contributed by atoms with Crippen molar-refractivity contribution in [3.63, 3.8) is 0 Å². The number of aryl methyl sites for hydroxylation is 1. The van der Waals surface area contributed by atoms with Crippen molar-refractivity contribution in [2.45, 2.75) is 40.0 Å². The number of Topliss-reactive ketones (excluding diaryl/α,β-unsaturated/α-hetero) is 1. The van der Waals surface area contributed by atoms with E-state index >= 15 is 0 Å². The van der Waals surface area contributed by atoms with Crippen LogP contribution in [0.3, 0.4) is 0 Å². The molecule has 0 saturated heterocycles. The summed E-state index contributed by atoms with van der Waals surface area (Å²) in [5.74, 6) is 0.932. The second-order valence-corrected chi connectivity index (χ2v) is 6.24. The first kappa shape index (κ1) is 10.9. The van der Waals surface area contributed by atoms with Crippen LogP contribution in [0.2, 0.25) is 0 Å². The predicted molar refractivity (Wildman–Crippen MR) is 64.5 cm³/mol. The van der Waals surface area contributed by atoms with Crippen molar-refractivity contribution >= 4 is 17.1 Å². The molecule has 1 aromatic rings. The van der Waals surface area contributed by atoms with Crippen LogP contribution in [0.15, 0.2) is 11.4 Å². The molecule has 82 valence electrons. The Kier molecular flexibility index (Phi) is 2.72. The Morgan fingerprint density at radius 1 is 1.47 bits per heavy atom. The molecule has 15 heavy (non-hydrogen) atoms. The molecule has 1 heterocycles. The van der Waals surface area contributed by atoms with Gasteiger partial charge in [-0.2, -0.15) is 0 Å². The van der Waals surface area contributed by atoms with E-state index in [0.29, 0.717) is 11.7 Å². The van der Waals surface area contributed by atoms with Crippen molar-refractivity contribution in [1.82, 2.24) is 0 Å². The molecule has 0 atom stereocenters. The second kappa shape index (κ2) is 3.75. The molecule has 1 aromatic heterocycles. The standard InChI is InChI=1S/C13H18OS/c1-9-7-10(8-15-9)12(14)13(2,3)11-5-4-6-11/h7-8,11H,4-6H2,1-3H3. The first-order valence-corrected chi connectivity index (χ1v) is 6.49. The molecule has 0 N–H and O–H groups in total. The number of carbonyl (C=O) groups is 1. The zero-order chi connectivity index (χ0) is 11.1. The maximum absolute atomic E-state index is 12.3. The number of carbonyl (C=O) groups excluding carboxylic acids is 1. The van der Waals surface area contributed by atoms with Crippen molar-refractivity contribution < 1.29 is 4.79 Å². The van der Waals surface area contributed by atoms with E-state index in [1.807, 2.05) is 11.4 Å². The van der Waals surface area contributed by atoms with E-state index < -0.39 is 0 Å². The summed E-state index contributed by atoms with van der Waals surface area (Å²) < 4.78 is 0. The summed E-state index contributed by atoms with van der Waals surface area (Å²) in [5, 5.41) is 2.00. The van der Waals surface area contributed by atoms with E-state index in [-0.39, 0.29) is 5.41 Å². The Morgan fingerprint density at radius 2 is 2.13 bits per heavy atom. The van der Waals surface area contributed by atoms with E-state index in [0.717, 1.165) is 5.56 Å². The molecule has 1 saturated carbocycles. The first-order valence-electron chi connectivity index (χ1n) is 5.62. The Hall–Kier alpha value is -0.630. The summed E-state index contributed by atoms with van der Waals surface area (Å²) in [7, 11) is 0. The smallest absolute Gasteiger partial charge is 0.169 e. The van der Waals surface area contributed by atoms with Crippen LogP contribution in [0.5, 0.6) is 0 Å². The molecule has 0 spiro atoms. The fraction of sp³-hybridized carbons (Fsp3) is 0.615. The van der Waals surface area contributed by atoms with Gasteiger partial charge in [-0.25, -0.2) is 0 Å². The Balaban J connectivity index is 2.19. The third-order valence-electron chi connectivity index (χ3n) is 3.70. The zero-order valence-corrected chi connectivity index (χ0v) is 10.5. The average Bonchev–Trinajstić information content (AvgIpc) is 2.46. The maximum atomic E-state index is 12.3. The number of thiophene rings is 1. The van der Waals surface area contributed by atoms with Gasteiger partial charge in [0, 0.05) is 21.2 Å². The van der Waals surface area contributed by atoms with Crippen molar-refractivity contribution in [2.75, 3.05) is 0 Å². The fourth-order valence-corrected chi connectivity index (χ4v) is 2.93. The van der Waals surface area contributed by atoms with Crippen LogP contribution in [0.4, 0.5) is 0 Å². The SMILES string of the molecule is Cc1cc(C(=O)C(C)(C)C2CCC2)cs1. The summed E-state index contributed by atoms with van der Waals surface area (Å²) >= 11 is 1.67. The van der Waals surface area contributed by atoms with Crippen LogP contribution < -0.4 is 0 Å². The van der Waals surface area contributed by atoms with Gasteiger partial charge in [0.05, 0.1) is 0 Å². The van der Waals surface area contributed by atoms with Crippen molar-refractivity contribution in [3.8, 4) is 0 Å². The Morgan fingerprint density at radius 3 is 2.53 bits per heavy atom. The summed E-state index contributed by atoms with van der Waals surface area (Å²) in [6, 6.07) is 2.02. The molecule has 1 nitrogen and oxygen atoms in total. The third-order valence-corrected chi connectivity index (χ3v) is 4.57. The minimum atomic E-state index is -0.161. The van der Waals surface area contributed by atoms with Gasteiger partial charge in [0.25, 0.3) is 0 Å². The average molecular weight is 222 g/mol. The number of hydrogen-bond donors (Lipinski definition) is 0. The largest absolute Gasteiger partial charge is 0.294 e. The molecule has 0 aliphatic heterocycles. The predicted octanol–water partition coefficient (Wildman–Crippen LogP) is 4.07. The van der Waals surface area contributed by atoms with E-state index in [4.69, 9.17) is 0 Å². The quantitative estimate of drug-likeness (QED) is 0.705. The van der Waals surface area contributed by atoms with Crippen LogP contribution in [-0.2, 0) is 0 Å².